The van der Waals surface area contributed by atoms with Crippen LogP contribution in [0.5, 0.6) is 0 Å². The van der Waals surface area contributed by atoms with Crippen molar-refractivity contribution in [2.24, 2.45) is 0 Å². The lowest BCUT2D eigenvalue weighted by Gasteiger charge is -2.06. The molecule has 4 rings (SSSR count). The molecular weight excluding hydrogens is 431 g/mol. The van der Waals surface area contributed by atoms with Crippen molar-refractivity contribution in [2.45, 2.75) is 0 Å². The number of allylic oxidation sites excluding steroid dienone is 1. The van der Waals surface area contributed by atoms with Crippen molar-refractivity contribution in [2.75, 3.05) is 0 Å². The lowest BCUT2D eigenvalue weighted by molar-refractivity contribution is 0.0964. The second kappa shape index (κ2) is 9.17. The van der Waals surface area contributed by atoms with Crippen LogP contribution in [0.25, 0.3) is 17.4 Å². The summed E-state index contributed by atoms with van der Waals surface area (Å²) >= 11 is 12.1. The molecule has 0 fully saturated rings. The normalized spacial score (nSPS) is 10.5. The molecule has 0 spiro atoms. The van der Waals surface area contributed by atoms with E-state index < -0.39 is 0 Å². The van der Waals surface area contributed by atoms with Gasteiger partial charge in [0.15, 0.2) is 11.6 Å². The van der Waals surface area contributed by atoms with Crippen LogP contribution in [-0.2, 0) is 0 Å². The monoisotopic (exact) mass is 446 g/mol. The average Bonchev–Trinajstić information content (AvgIpc) is 3.28. The smallest absolute Gasteiger partial charge is 0.197 e. The number of hydrogen-bond acceptors (Lipinski definition) is 3. The fourth-order valence-corrected chi connectivity index (χ4v) is 3.40. The first-order valence-corrected chi connectivity index (χ1v) is 10.2. The Labute approximate surface area is 189 Å². The SMILES string of the molecule is O=C(C(=Cc1ccc(-c2ccc(Cl)c(Cl)c2)o1)C(=O)c1ccccc1)c1ccccc1. The van der Waals surface area contributed by atoms with Crippen molar-refractivity contribution in [3.05, 3.63) is 124 Å². The minimum Gasteiger partial charge on any atom is -0.457 e. The molecule has 0 aliphatic heterocycles. The largest absolute Gasteiger partial charge is 0.457 e. The average molecular weight is 447 g/mol. The third-order valence-electron chi connectivity index (χ3n) is 4.68. The highest BCUT2D eigenvalue weighted by Gasteiger charge is 2.22. The molecule has 3 nitrogen and oxygen atoms in total. The van der Waals surface area contributed by atoms with Gasteiger partial charge in [0.1, 0.15) is 11.5 Å². The van der Waals surface area contributed by atoms with E-state index in [-0.39, 0.29) is 17.1 Å². The summed E-state index contributed by atoms with van der Waals surface area (Å²) in [5.74, 6) is 0.178. The summed E-state index contributed by atoms with van der Waals surface area (Å²) < 4.78 is 5.88. The zero-order valence-electron chi connectivity index (χ0n) is 16.2. The molecule has 152 valence electrons. The van der Waals surface area contributed by atoms with Crippen LogP contribution in [0.4, 0.5) is 0 Å². The predicted molar refractivity (Wildman–Crippen MR) is 124 cm³/mol. The van der Waals surface area contributed by atoms with Gasteiger partial charge in [-0.2, -0.15) is 0 Å². The highest BCUT2D eigenvalue weighted by Crippen LogP contribution is 2.30. The number of furan rings is 1. The third-order valence-corrected chi connectivity index (χ3v) is 5.42. The molecule has 0 amide bonds. The Morgan fingerprint density at radius 1 is 0.677 bits per heavy atom. The standard InChI is InChI=1S/C26H16Cl2O3/c27-22-13-11-19(15-23(22)28)24-14-12-20(31-24)16-21(25(29)17-7-3-1-4-8-17)26(30)18-9-5-2-6-10-18/h1-16H. The number of carbonyl (C=O) groups is 2. The molecule has 3 aromatic carbocycles. The first kappa shape index (κ1) is 20.9. The molecule has 0 unspecified atom stereocenters. The van der Waals surface area contributed by atoms with E-state index in [0.717, 1.165) is 5.56 Å². The molecule has 0 aliphatic carbocycles. The quantitative estimate of drug-likeness (QED) is 0.134. The van der Waals surface area contributed by atoms with Crippen LogP contribution in [0.2, 0.25) is 10.0 Å². The Morgan fingerprint density at radius 3 is 1.81 bits per heavy atom. The molecule has 0 saturated heterocycles. The number of ketones is 2. The van der Waals surface area contributed by atoms with Crippen molar-refractivity contribution >= 4 is 40.8 Å². The van der Waals surface area contributed by atoms with Gasteiger partial charge in [-0.05, 0) is 36.4 Å². The number of benzene rings is 3. The molecule has 0 N–H and O–H groups in total. The molecule has 0 radical (unpaired) electrons. The van der Waals surface area contributed by atoms with Crippen LogP contribution in [0.1, 0.15) is 26.5 Å². The van der Waals surface area contributed by atoms with Gasteiger partial charge in [-0.1, -0.05) is 83.9 Å². The topological polar surface area (TPSA) is 47.3 Å². The van der Waals surface area contributed by atoms with Crippen molar-refractivity contribution in [3.63, 3.8) is 0 Å². The van der Waals surface area contributed by atoms with E-state index in [1.165, 1.54) is 6.08 Å². The Hall–Kier alpha value is -3.40. The number of halogens is 2. The lowest BCUT2D eigenvalue weighted by atomic mass is 9.95. The van der Waals surface area contributed by atoms with E-state index in [1.54, 1.807) is 78.9 Å². The maximum atomic E-state index is 13.2. The zero-order chi connectivity index (χ0) is 21.8. The van der Waals surface area contributed by atoms with E-state index in [4.69, 9.17) is 27.6 Å². The Kier molecular flexibility index (Phi) is 6.17. The first-order valence-electron chi connectivity index (χ1n) is 9.49. The molecular formula is C26H16Cl2O3. The molecule has 0 saturated carbocycles. The van der Waals surface area contributed by atoms with Crippen LogP contribution in [0.3, 0.4) is 0 Å². The van der Waals surface area contributed by atoms with Crippen LogP contribution in [-0.4, -0.2) is 11.6 Å². The third kappa shape index (κ3) is 4.69. The van der Waals surface area contributed by atoms with Crippen molar-refractivity contribution in [1.29, 1.82) is 0 Å². The van der Waals surface area contributed by atoms with Crippen molar-refractivity contribution < 1.29 is 14.0 Å². The van der Waals surface area contributed by atoms with Gasteiger partial charge < -0.3 is 4.42 Å². The number of Topliss-reactive ketones (excluding diaryl/α,β-unsaturated/α-hetero) is 2. The number of rotatable bonds is 6. The van der Waals surface area contributed by atoms with Crippen molar-refractivity contribution in [1.82, 2.24) is 0 Å². The summed E-state index contributed by atoms with van der Waals surface area (Å²) in [6, 6.07) is 26.0. The Morgan fingerprint density at radius 2 is 1.26 bits per heavy atom. The fourth-order valence-electron chi connectivity index (χ4n) is 3.10. The van der Waals surface area contributed by atoms with E-state index in [1.807, 2.05) is 12.1 Å². The number of carbonyl (C=O) groups excluding carboxylic acids is 2. The predicted octanol–water partition coefficient (Wildman–Crippen LogP) is 7.40. The van der Waals surface area contributed by atoms with Crippen LogP contribution < -0.4 is 0 Å². The lowest BCUT2D eigenvalue weighted by Crippen LogP contribution is -2.13. The van der Waals surface area contributed by atoms with Gasteiger partial charge in [-0.15, -0.1) is 0 Å². The van der Waals surface area contributed by atoms with Crippen LogP contribution in [0.15, 0.2) is 101 Å². The van der Waals surface area contributed by atoms with E-state index in [9.17, 15) is 9.59 Å². The zero-order valence-corrected chi connectivity index (χ0v) is 17.7. The van der Waals surface area contributed by atoms with E-state index in [2.05, 4.69) is 0 Å². The maximum absolute atomic E-state index is 13.2. The van der Waals surface area contributed by atoms with Crippen LogP contribution in [0, 0.1) is 0 Å². The molecule has 5 heteroatoms. The highest BCUT2D eigenvalue weighted by molar-refractivity contribution is 6.42. The van der Waals surface area contributed by atoms with Gasteiger partial charge in [0.2, 0.25) is 0 Å². The van der Waals surface area contributed by atoms with Crippen LogP contribution >= 0.6 is 23.2 Å². The minimum atomic E-state index is -0.373. The summed E-state index contributed by atoms with van der Waals surface area (Å²) in [5.41, 5.74) is 1.61. The van der Waals surface area contributed by atoms with E-state index >= 15 is 0 Å². The van der Waals surface area contributed by atoms with Gasteiger partial charge >= 0.3 is 0 Å². The maximum Gasteiger partial charge on any atom is 0.197 e. The highest BCUT2D eigenvalue weighted by atomic mass is 35.5. The number of hydrogen-bond donors (Lipinski definition) is 0. The molecule has 4 aromatic rings. The second-order valence-corrected chi connectivity index (χ2v) is 7.59. The second-order valence-electron chi connectivity index (χ2n) is 6.78. The molecule has 0 bridgehead atoms. The molecule has 1 aromatic heterocycles. The summed E-state index contributed by atoms with van der Waals surface area (Å²) in [6.07, 6.45) is 1.48. The molecule has 0 aliphatic rings. The van der Waals surface area contributed by atoms with Gasteiger partial charge in [0.05, 0.1) is 15.6 Å². The molecule has 1 heterocycles. The fraction of sp³-hybridized carbons (Fsp3) is 0. The molecule has 0 atom stereocenters. The molecule has 31 heavy (non-hydrogen) atoms. The summed E-state index contributed by atoms with van der Waals surface area (Å²) in [4.78, 5) is 26.3. The minimum absolute atomic E-state index is 0.0208. The van der Waals surface area contributed by atoms with Gasteiger partial charge in [-0.25, -0.2) is 0 Å². The Bertz CT molecular complexity index is 1220. The Balaban J connectivity index is 1.75. The van der Waals surface area contributed by atoms with Crippen molar-refractivity contribution in [3.8, 4) is 11.3 Å². The van der Waals surface area contributed by atoms with E-state index in [0.29, 0.717) is 32.7 Å². The van der Waals surface area contributed by atoms with Gasteiger partial charge in [0.25, 0.3) is 0 Å². The summed E-state index contributed by atoms with van der Waals surface area (Å²) in [5, 5.41) is 0.855. The summed E-state index contributed by atoms with van der Waals surface area (Å²) in [7, 11) is 0. The first-order chi connectivity index (χ1) is 15.0. The van der Waals surface area contributed by atoms with Gasteiger partial charge in [-0.3, -0.25) is 9.59 Å². The summed E-state index contributed by atoms with van der Waals surface area (Å²) in [6.45, 7) is 0. The van der Waals surface area contributed by atoms with Gasteiger partial charge in [0, 0.05) is 16.7 Å².